The average molecular weight is 322 g/mol. The van der Waals surface area contributed by atoms with Crippen molar-refractivity contribution in [3.63, 3.8) is 0 Å². The molecule has 0 fully saturated rings. The quantitative estimate of drug-likeness (QED) is 0.740. The van der Waals surface area contributed by atoms with Gasteiger partial charge >= 0.3 is 6.36 Å². The Kier molecular flexibility index (Phi) is 3.89. The maximum Gasteiger partial charge on any atom is 0.573 e. The van der Waals surface area contributed by atoms with Crippen molar-refractivity contribution in [2.24, 2.45) is 0 Å². The van der Waals surface area contributed by atoms with Crippen LogP contribution in [0.4, 0.5) is 13.2 Å². The van der Waals surface area contributed by atoms with Crippen LogP contribution < -0.4 is 4.74 Å². The Labute approximate surface area is 130 Å². The molecule has 8 heteroatoms. The van der Waals surface area contributed by atoms with Crippen LogP contribution in [-0.2, 0) is 13.0 Å². The van der Waals surface area contributed by atoms with Gasteiger partial charge in [-0.25, -0.2) is 15.0 Å². The second kappa shape index (κ2) is 5.86. The standard InChI is InChI=1S/C15H13F3N4O/c1-2-22-8-12-14(19-9-22)21-13(20-12)7-10-4-3-5-11(6-10)23-15(16,17)18/h3-6,8-9H,2,7H2,1H3. The Morgan fingerprint density at radius 3 is 2.78 bits per heavy atom. The zero-order valence-electron chi connectivity index (χ0n) is 12.2. The Morgan fingerprint density at radius 2 is 2.04 bits per heavy atom. The molecule has 0 aliphatic carbocycles. The summed E-state index contributed by atoms with van der Waals surface area (Å²) in [5.74, 6) is 0.769. The van der Waals surface area contributed by atoms with Crippen LogP contribution in [0.3, 0.4) is 0 Å². The third kappa shape index (κ3) is 3.77. The molecule has 0 unspecified atom stereocenters. The summed E-state index contributed by atoms with van der Waals surface area (Å²) in [6.45, 7) is 2.75. The lowest BCUT2D eigenvalue weighted by atomic mass is 10.1. The van der Waals surface area contributed by atoms with Gasteiger partial charge in [0.25, 0.3) is 0 Å². The minimum absolute atomic E-state index is 0.256. The summed E-state index contributed by atoms with van der Waals surface area (Å²) in [6, 6.07) is 5.78. The summed E-state index contributed by atoms with van der Waals surface area (Å²) in [7, 11) is 0. The molecule has 2 aliphatic heterocycles. The molecule has 0 atom stereocenters. The number of fused-ring (bicyclic) bond motifs is 1. The maximum atomic E-state index is 12.3. The Hall–Kier alpha value is -2.64. The van der Waals surface area contributed by atoms with Crippen LogP contribution in [0.25, 0.3) is 11.5 Å². The smallest absolute Gasteiger partial charge is 0.406 e. The van der Waals surface area contributed by atoms with Gasteiger partial charge in [0.2, 0.25) is 0 Å². The number of benzene rings is 1. The molecule has 0 spiro atoms. The van der Waals surface area contributed by atoms with Crippen molar-refractivity contribution < 1.29 is 17.9 Å². The molecule has 0 bridgehead atoms. The molecule has 1 aromatic carbocycles. The maximum absolute atomic E-state index is 12.3. The first-order chi connectivity index (χ1) is 10.9. The van der Waals surface area contributed by atoms with E-state index < -0.39 is 6.36 Å². The predicted octanol–water partition coefficient (Wildman–Crippen LogP) is 3.29. The molecule has 2 heterocycles. The van der Waals surface area contributed by atoms with Gasteiger partial charge in [-0.1, -0.05) is 12.1 Å². The topological polar surface area (TPSA) is 52.8 Å². The van der Waals surface area contributed by atoms with Gasteiger partial charge in [-0.3, -0.25) is 0 Å². The molecule has 0 radical (unpaired) electrons. The molecular formula is C15H13F3N4O. The molecule has 3 rings (SSSR count). The molecule has 0 saturated heterocycles. The second-order valence-corrected chi connectivity index (χ2v) is 4.92. The van der Waals surface area contributed by atoms with Crippen LogP contribution in [-0.4, -0.2) is 25.9 Å². The van der Waals surface area contributed by atoms with E-state index in [1.54, 1.807) is 12.4 Å². The number of alkyl halides is 3. The molecule has 2 aliphatic rings. The van der Waals surface area contributed by atoms with Crippen LogP contribution in [0, 0.1) is 0 Å². The van der Waals surface area contributed by atoms with Gasteiger partial charge in [0, 0.05) is 19.2 Å². The molecular weight excluding hydrogens is 309 g/mol. The van der Waals surface area contributed by atoms with Crippen molar-refractivity contribution in [1.82, 2.24) is 19.5 Å². The van der Waals surface area contributed by atoms with E-state index in [0.29, 0.717) is 29.3 Å². The normalized spacial score (nSPS) is 11.8. The van der Waals surface area contributed by atoms with Crippen molar-refractivity contribution in [1.29, 1.82) is 0 Å². The highest BCUT2D eigenvalue weighted by molar-refractivity contribution is 5.49. The van der Waals surface area contributed by atoms with E-state index in [9.17, 15) is 13.2 Å². The fraction of sp³-hybridized carbons (Fsp3) is 0.267. The van der Waals surface area contributed by atoms with Crippen molar-refractivity contribution in [3.05, 3.63) is 48.2 Å². The molecule has 0 saturated carbocycles. The zero-order chi connectivity index (χ0) is 16.4. The lowest BCUT2D eigenvalue weighted by Gasteiger charge is -2.09. The first kappa shape index (κ1) is 15.3. The summed E-state index contributed by atoms with van der Waals surface area (Å²) in [4.78, 5) is 12.8. The molecule has 1 aromatic rings. The van der Waals surface area contributed by atoms with Crippen LogP contribution in [0.5, 0.6) is 5.75 Å². The summed E-state index contributed by atoms with van der Waals surface area (Å²) in [6.07, 6.45) is -0.903. The van der Waals surface area contributed by atoms with Gasteiger partial charge in [-0.2, -0.15) is 0 Å². The number of rotatable bonds is 4. The van der Waals surface area contributed by atoms with E-state index in [0.717, 1.165) is 6.54 Å². The van der Waals surface area contributed by atoms with Crippen LogP contribution in [0.1, 0.15) is 18.3 Å². The summed E-state index contributed by atoms with van der Waals surface area (Å²) >= 11 is 0. The van der Waals surface area contributed by atoms with Crippen molar-refractivity contribution in [3.8, 4) is 17.3 Å². The minimum atomic E-state index is -4.71. The Bertz CT molecular complexity index is 785. The van der Waals surface area contributed by atoms with Gasteiger partial charge in [0.15, 0.2) is 5.82 Å². The SMILES string of the molecule is CCn1cnc2nc(Cc3cccc(OC(F)(F)F)c3)nc-2c1. The van der Waals surface area contributed by atoms with Crippen molar-refractivity contribution in [2.45, 2.75) is 26.3 Å². The van der Waals surface area contributed by atoms with E-state index in [-0.39, 0.29) is 5.75 Å². The number of aryl methyl sites for hydroxylation is 1. The minimum Gasteiger partial charge on any atom is -0.406 e. The summed E-state index contributed by atoms with van der Waals surface area (Å²) in [5, 5.41) is 0. The molecule has 0 N–H and O–H groups in total. The highest BCUT2D eigenvalue weighted by Crippen LogP contribution is 2.24. The Morgan fingerprint density at radius 1 is 1.22 bits per heavy atom. The highest BCUT2D eigenvalue weighted by Gasteiger charge is 2.31. The van der Waals surface area contributed by atoms with Crippen LogP contribution in [0.2, 0.25) is 0 Å². The monoisotopic (exact) mass is 322 g/mol. The highest BCUT2D eigenvalue weighted by atomic mass is 19.4. The van der Waals surface area contributed by atoms with E-state index in [1.165, 1.54) is 18.2 Å². The summed E-state index contributed by atoms with van der Waals surface area (Å²) in [5.41, 5.74) is 1.29. The fourth-order valence-corrected chi connectivity index (χ4v) is 2.18. The number of imidazole rings is 1. The molecule has 23 heavy (non-hydrogen) atoms. The number of hydrogen-bond acceptors (Lipinski definition) is 4. The molecule has 120 valence electrons. The number of nitrogens with zero attached hydrogens (tertiary/aromatic N) is 4. The number of halogens is 3. The van der Waals surface area contributed by atoms with Crippen molar-refractivity contribution >= 4 is 0 Å². The average Bonchev–Trinajstić information content (AvgIpc) is 2.86. The summed E-state index contributed by atoms with van der Waals surface area (Å²) < 4.78 is 42.5. The van der Waals surface area contributed by atoms with E-state index in [4.69, 9.17) is 0 Å². The van der Waals surface area contributed by atoms with Gasteiger partial charge in [-0.05, 0) is 24.6 Å². The van der Waals surface area contributed by atoms with Gasteiger partial charge in [-0.15, -0.1) is 13.2 Å². The number of hydrogen-bond donors (Lipinski definition) is 0. The zero-order valence-corrected chi connectivity index (χ0v) is 12.2. The van der Waals surface area contributed by atoms with Crippen LogP contribution >= 0.6 is 0 Å². The lowest BCUT2D eigenvalue weighted by molar-refractivity contribution is -0.274. The lowest BCUT2D eigenvalue weighted by Crippen LogP contribution is -2.17. The first-order valence-corrected chi connectivity index (χ1v) is 6.96. The van der Waals surface area contributed by atoms with E-state index in [2.05, 4.69) is 19.7 Å². The third-order valence-corrected chi connectivity index (χ3v) is 3.19. The third-order valence-electron chi connectivity index (χ3n) is 3.19. The molecule has 0 aromatic heterocycles. The predicted molar refractivity (Wildman–Crippen MR) is 76.0 cm³/mol. The molecule has 0 amide bonds. The Balaban J connectivity index is 1.82. The number of aromatic nitrogens is 4. The van der Waals surface area contributed by atoms with Gasteiger partial charge < -0.3 is 9.30 Å². The van der Waals surface area contributed by atoms with E-state index >= 15 is 0 Å². The largest absolute Gasteiger partial charge is 0.573 e. The van der Waals surface area contributed by atoms with Crippen molar-refractivity contribution in [2.75, 3.05) is 0 Å². The molecule has 5 nitrogen and oxygen atoms in total. The van der Waals surface area contributed by atoms with E-state index in [1.807, 2.05) is 17.7 Å². The second-order valence-electron chi connectivity index (χ2n) is 4.92. The first-order valence-electron chi connectivity index (χ1n) is 6.96. The van der Waals surface area contributed by atoms with Gasteiger partial charge in [0.05, 0.1) is 6.33 Å². The van der Waals surface area contributed by atoms with Crippen LogP contribution in [0.15, 0.2) is 36.8 Å². The van der Waals surface area contributed by atoms with Gasteiger partial charge in [0.1, 0.15) is 17.3 Å². The fourth-order valence-electron chi connectivity index (χ4n) is 2.18. The number of ether oxygens (including phenoxy) is 1.